The highest BCUT2D eigenvalue weighted by Crippen LogP contribution is 2.24. The summed E-state index contributed by atoms with van der Waals surface area (Å²) in [7, 11) is 1.69. The average molecular weight is 385 g/mol. The van der Waals surface area contributed by atoms with Crippen molar-refractivity contribution in [2.24, 2.45) is 0 Å². The van der Waals surface area contributed by atoms with E-state index in [2.05, 4.69) is 86.0 Å². The van der Waals surface area contributed by atoms with Crippen LogP contribution in [-0.2, 0) is 18.4 Å². The number of hydrogen-bond donors (Lipinski definition) is 0. The summed E-state index contributed by atoms with van der Waals surface area (Å²) in [4.78, 5) is 4.94. The number of fused-ring (bicyclic) bond motifs is 1. The molecule has 3 nitrogen and oxygen atoms in total. The largest absolute Gasteiger partial charge is 0.497 e. The fourth-order valence-corrected chi connectivity index (χ4v) is 3.66. The molecule has 0 aliphatic rings. The molecule has 1 heterocycles. The molecule has 0 saturated heterocycles. The van der Waals surface area contributed by atoms with Crippen LogP contribution in [0.25, 0.3) is 11.0 Å². The molecule has 0 N–H and O–H groups in total. The van der Waals surface area contributed by atoms with Gasteiger partial charge >= 0.3 is 0 Å². The predicted octanol–water partition coefficient (Wildman–Crippen LogP) is 5.98. The summed E-state index contributed by atoms with van der Waals surface area (Å²) in [5, 5.41) is 0. The maximum absolute atomic E-state index is 5.28. The van der Waals surface area contributed by atoms with Gasteiger partial charge in [0.1, 0.15) is 11.6 Å². The zero-order chi connectivity index (χ0) is 20.4. The number of imidazole rings is 1. The molecule has 0 unspecified atom stereocenters. The van der Waals surface area contributed by atoms with Gasteiger partial charge in [-0.1, -0.05) is 69.3 Å². The van der Waals surface area contributed by atoms with E-state index in [0.29, 0.717) is 0 Å². The minimum absolute atomic E-state index is 0.166. The third-order valence-electron chi connectivity index (χ3n) is 5.42. The first-order valence-electron chi connectivity index (χ1n) is 10.1. The zero-order valence-electron chi connectivity index (χ0n) is 17.6. The lowest BCUT2D eigenvalue weighted by Crippen LogP contribution is -2.11. The molecular weight excluding hydrogens is 356 g/mol. The van der Waals surface area contributed by atoms with Gasteiger partial charge in [-0.2, -0.15) is 0 Å². The van der Waals surface area contributed by atoms with E-state index in [1.165, 1.54) is 22.2 Å². The van der Waals surface area contributed by atoms with Crippen LogP contribution in [0.15, 0.2) is 72.8 Å². The van der Waals surface area contributed by atoms with E-state index in [4.69, 9.17) is 9.72 Å². The van der Waals surface area contributed by atoms with Crippen molar-refractivity contribution < 1.29 is 4.74 Å². The molecular formula is C26H28N2O. The Bertz CT molecular complexity index is 1100. The Morgan fingerprint density at radius 1 is 0.828 bits per heavy atom. The van der Waals surface area contributed by atoms with Crippen LogP contribution in [0, 0.1) is 0 Å². The van der Waals surface area contributed by atoms with Gasteiger partial charge in [0, 0.05) is 13.0 Å². The Morgan fingerprint density at radius 3 is 2.14 bits per heavy atom. The molecule has 3 aromatic carbocycles. The van der Waals surface area contributed by atoms with E-state index in [9.17, 15) is 0 Å². The van der Waals surface area contributed by atoms with Gasteiger partial charge in [-0.3, -0.25) is 0 Å². The van der Waals surface area contributed by atoms with E-state index in [-0.39, 0.29) is 5.41 Å². The van der Waals surface area contributed by atoms with Gasteiger partial charge in [0.25, 0.3) is 0 Å². The van der Waals surface area contributed by atoms with Gasteiger partial charge in [0.15, 0.2) is 0 Å². The van der Waals surface area contributed by atoms with Gasteiger partial charge < -0.3 is 9.30 Å². The molecule has 1 aromatic heterocycles. The van der Waals surface area contributed by atoms with E-state index in [1.54, 1.807) is 7.11 Å². The SMILES string of the molecule is COc1ccc(Cc2nc3ccccc3n2Cc2ccc(C(C)(C)C)cc2)cc1. The van der Waals surface area contributed by atoms with Gasteiger partial charge in [-0.15, -0.1) is 0 Å². The molecule has 0 amide bonds. The third kappa shape index (κ3) is 4.19. The lowest BCUT2D eigenvalue weighted by molar-refractivity contribution is 0.414. The molecule has 0 aliphatic carbocycles. The summed E-state index contributed by atoms with van der Waals surface area (Å²) in [6.07, 6.45) is 0.790. The van der Waals surface area contributed by atoms with Gasteiger partial charge in [0.05, 0.1) is 18.1 Å². The summed E-state index contributed by atoms with van der Waals surface area (Å²) >= 11 is 0. The molecule has 0 radical (unpaired) electrons. The smallest absolute Gasteiger partial charge is 0.118 e. The van der Waals surface area contributed by atoms with Crippen molar-refractivity contribution in [2.75, 3.05) is 7.11 Å². The van der Waals surface area contributed by atoms with E-state index >= 15 is 0 Å². The number of nitrogens with zero attached hydrogens (tertiary/aromatic N) is 2. The van der Waals surface area contributed by atoms with E-state index in [0.717, 1.165) is 30.1 Å². The monoisotopic (exact) mass is 384 g/mol. The molecule has 29 heavy (non-hydrogen) atoms. The van der Waals surface area contributed by atoms with Crippen molar-refractivity contribution in [1.82, 2.24) is 9.55 Å². The van der Waals surface area contributed by atoms with E-state index < -0.39 is 0 Å². The maximum Gasteiger partial charge on any atom is 0.118 e. The summed E-state index contributed by atoms with van der Waals surface area (Å²) in [6, 6.07) is 25.6. The molecule has 0 saturated carbocycles. The van der Waals surface area contributed by atoms with Crippen LogP contribution in [0.3, 0.4) is 0 Å². The molecule has 0 spiro atoms. The average Bonchev–Trinajstić information content (AvgIpc) is 3.05. The van der Waals surface area contributed by atoms with Crippen molar-refractivity contribution in [1.29, 1.82) is 0 Å². The number of hydrogen-bond acceptors (Lipinski definition) is 2. The molecule has 148 valence electrons. The summed E-state index contributed by atoms with van der Waals surface area (Å²) in [5.41, 5.74) is 6.26. The fourth-order valence-electron chi connectivity index (χ4n) is 3.66. The van der Waals surface area contributed by atoms with Gasteiger partial charge in [0.2, 0.25) is 0 Å². The lowest BCUT2D eigenvalue weighted by atomic mass is 9.87. The summed E-state index contributed by atoms with van der Waals surface area (Å²) in [5.74, 6) is 1.96. The number of para-hydroxylation sites is 2. The van der Waals surface area contributed by atoms with Crippen LogP contribution in [-0.4, -0.2) is 16.7 Å². The molecule has 0 atom stereocenters. The first-order chi connectivity index (χ1) is 13.9. The third-order valence-corrected chi connectivity index (χ3v) is 5.42. The number of benzene rings is 3. The lowest BCUT2D eigenvalue weighted by Gasteiger charge is -2.19. The zero-order valence-corrected chi connectivity index (χ0v) is 17.6. The molecule has 0 aliphatic heterocycles. The van der Waals surface area contributed by atoms with Crippen molar-refractivity contribution in [3.8, 4) is 5.75 Å². The number of aromatic nitrogens is 2. The van der Waals surface area contributed by atoms with Crippen molar-refractivity contribution in [3.05, 3.63) is 95.3 Å². The first kappa shape index (κ1) is 19.3. The van der Waals surface area contributed by atoms with Crippen molar-refractivity contribution in [2.45, 2.75) is 39.2 Å². The van der Waals surface area contributed by atoms with Gasteiger partial charge in [-0.25, -0.2) is 4.98 Å². The Kier molecular flexibility index (Phi) is 5.14. The quantitative estimate of drug-likeness (QED) is 0.423. The van der Waals surface area contributed by atoms with Crippen LogP contribution < -0.4 is 4.74 Å². The number of ether oxygens (including phenoxy) is 1. The molecule has 4 aromatic rings. The second-order valence-electron chi connectivity index (χ2n) is 8.57. The first-order valence-corrected chi connectivity index (χ1v) is 10.1. The number of rotatable bonds is 5. The highest BCUT2D eigenvalue weighted by molar-refractivity contribution is 5.76. The fraction of sp³-hybridized carbons (Fsp3) is 0.269. The number of methoxy groups -OCH3 is 1. The standard InChI is InChI=1S/C26H28N2O/c1-26(2,3)21-13-9-20(10-14-21)18-28-24-8-6-5-7-23(24)27-25(28)17-19-11-15-22(29-4)16-12-19/h5-16H,17-18H2,1-4H3. The molecule has 0 fully saturated rings. The van der Waals surface area contributed by atoms with Crippen molar-refractivity contribution in [3.63, 3.8) is 0 Å². The minimum atomic E-state index is 0.166. The second-order valence-corrected chi connectivity index (χ2v) is 8.57. The van der Waals surface area contributed by atoms with Crippen LogP contribution in [0.1, 0.15) is 43.3 Å². The second kappa shape index (κ2) is 7.75. The highest BCUT2D eigenvalue weighted by Gasteiger charge is 2.15. The highest BCUT2D eigenvalue weighted by atomic mass is 16.5. The topological polar surface area (TPSA) is 27.1 Å². The normalized spacial score (nSPS) is 11.7. The Balaban J connectivity index is 1.67. The van der Waals surface area contributed by atoms with Gasteiger partial charge in [-0.05, 0) is 46.4 Å². The van der Waals surface area contributed by atoms with Crippen LogP contribution in [0.4, 0.5) is 0 Å². The van der Waals surface area contributed by atoms with Crippen LogP contribution in [0.5, 0.6) is 5.75 Å². The molecule has 0 bridgehead atoms. The predicted molar refractivity (Wildman–Crippen MR) is 120 cm³/mol. The summed E-state index contributed by atoms with van der Waals surface area (Å²) in [6.45, 7) is 7.56. The summed E-state index contributed by atoms with van der Waals surface area (Å²) < 4.78 is 7.62. The molecule has 4 rings (SSSR count). The Morgan fingerprint density at radius 2 is 1.48 bits per heavy atom. The van der Waals surface area contributed by atoms with Crippen molar-refractivity contribution >= 4 is 11.0 Å². The maximum atomic E-state index is 5.28. The Hall–Kier alpha value is -3.07. The van der Waals surface area contributed by atoms with Crippen LogP contribution in [0.2, 0.25) is 0 Å². The van der Waals surface area contributed by atoms with Crippen LogP contribution >= 0.6 is 0 Å². The molecule has 3 heteroatoms. The minimum Gasteiger partial charge on any atom is -0.497 e. The van der Waals surface area contributed by atoms with E-state index in [1.807, 2.05) is 12.1 Å². The Labute approximate surface area is 173 Å².